The second-order valence-electron chi connectivity index (χ2n) is 6.25. The lowest BCUT2D eigenvalue weighted by molar-refractivity contribution is 0.222. The van der Waals surface area contributed by atoms with Crippen molar-refractivity contribution >= 4 is 11.3 Å². The zero-order valence-electron chi connectivity index (χ0n) is 12.5. The van der Waals surface area contributed by atoms with Crippen LogP contribution in [-0.2, 0) is 6.42 Å². The third kappa shape index (κ3) is 4.92. The summed E-state index contributed by atoms with van der Waals surface area (Å²) in [5, 5.41) is 8.33. The lowest BCUT2D eigenvalue weighted by Gasteiger charge is -2.33. The van der Waals surface area contributed by atoms with Crippen LogP contribution < -0.4 is 5.32 Å². The maximum Gasteiger partial charge on any atom is 0.00984 e. The predicted octanol–water partition coefficient (Wildman–Crippen LogP) is 4.88. The molecule has 0 bridgehead atoms. The number of thiophene rings is 1. The van der Waals surface area contributed by atoms with E-state index in [2.05, 4.69) is 36.0 Å². The summed E-state index contributed by atoms with van der Waals surface area (Å²) in [5.41, 5.74) is 1.53. The average Bonchev–Trinajstić information content (AvgIpc) is 2.93. The smallest absolute Gasteiger partial charge is 0.00984 e. The molecule has 0 aromatic carbocycles. The van der Waals surface area contributed by atoms with Gasteiger partial charge in [0.25, 0.3) is 0 Å². The van der Waals surface area contributed by atoms with E-state index in [9.17, 15) is 0 Å². The van der Waals surface area contributed by atoms with Gasteiger partial charge in [-0.1, -0.05) is 26.7 Å². The van der Waals surface area contributed by atoms with Crippen LogP contribution in [0.2, 0.25) is 0 Å². The predicted molar refractivity (Wildman–Crippen MR) is 85.8 cm³/mol. The fraction of sp³-hybridized carbons (Fsp3) is 0.765. The third-order valence-electron chi connectivity index (χ3n) is 4.61. The van der Waals surface area contributed by atoms with Crippen LogP contribution >= 0.6 is 11.3 Å². The van der Waals surface area contributed by atoms with Crippen LogP contribution in [0.5, 0.6) is 0 Å². The van der Waals surface area contributed by atoms with Crippen molar-refractivity contribution < 1.29 is 0 Å². The van der Waals surface area contributed by atoms with E-state index in [1.54, 1.807) is 0 Å². The number of rotatable bonds is 7. The van der Waals surface area contributed by atoms with Crippen molar-refractivity contribution in [3.05, 3.63) is 22.4 Å². The lowest BCUT2D eigenvalue weighted by Crippen LogP contribution is -2.38. The van der Waals surface area contributed by atoms with Crippen molar-refractivity contribution in [1.82, 2.24) is 5.32 Å². The van der Waals surface area contributed by atoms with Gasteiger partial charge in [0, 0.05) is 6.04 Å². The minimum absolute atomic E-state index is 0.743. The third-order valence-corrected chi connectivity index (χ3v) is 5.34. The van der Waals surface area contributed by atoms with Gasteiger partial charge in [-0.2, -0.15) is 11.3 Å². The summed E-state index contributed by atoms with van der Waals surface area (Å²) >= 11 is 1.82. The standard InChI is InChI=1S/C17H29NS/c1-3-11-18-17(9-6-15-10-12-19-13-15)16-7-4-14(2)5-8-16/h10,12-14,16-18H,3-9,11H2,1-2H3. The average molecular weight is 279 g/mol. The molecule has 2 rings (SSSR count). The molecular weight excluding hydrogens is 250 g/mol. The number of hydrogen-bond acceptors (Lipinski definition) is 2. The van der Waals surface area contributed by atoms with E-state index in [-0.39, 0.29) is 0 Å². The number of aryl methyl sites for hydroxylation is 1. The highest BCUT2D eigenvalue weighted by Gasteiger charge is 2.25. The van der Waals surface area contributed by atoms with Gasteiger partial charge < -0.3 is 5.32 Å². The molecule has 0 radical (unpaired) electrons. The SMILES string of the molecule is CCCNC(CCc1ccsc1)C1CCC(C)CC1. The molecule has 1 nitrogen and oxygen atoms in total. The molecule has 1 N–H and O–H groups in total. The summed E-state index contributed by atoms with van der Waals surface area (Å²) in [6.45, 7) is 5.86. The van der Waals surface area contributed by atoms with Gasteiger partial charge in [0.15, 0.2) is 0 Å². The Balaban J connectivity index is 1.83. The van der Waals surface area contributed by atoms with Crippen LogP contribution in [0, 0.1) is 11.8 Å². The number of hydrogen-bond donors (Lipinski definition) is 1. The lowest BCUT2D eigenvalue weighted by atomic mass is 9.78. The molecule has 108 valence electrons. The Morgan fingerprint density at radius 3 is 2.74 bits per heavy atom. The van der Waals surface area contributed by atoms with Crippen molar-refractivity contribution in [2.24, 2.45) is 11.8 Å². The van der Waals surface area contributed by atoms with Crippen LogP contribution in [-0.4, -0.2) is 12.6 Å². The first-order valence-electron chi connectivity index (χ1n) is 8.04. The fourth-order valence-electron chi connectivity index (χ4n) is 3.28. The molecule has 0 spiro atoms. The quantitative estimate of drug-likeness (QED) is 0.750. The van der Waals surface area contributed by atoms with Gasteiger partial charge in [0.05, 0.1) is 0 Å². The monoisotopic (exact) mass is 279 g/mol. The van der Waals surface area contributed by atoms with Crippen molar-refractivity contribution in [3.63, 3.8) is 0 Å². The largest absolute Gasteiger partial charge is 0.314 e. The van der Waals surface area contributed by atoms with Gasteiger partial charge in [-0.05, 0) is 72.9 Å². The van der Waals surface area contributed by atoms with Crippen molar-refractivity contribution in [3.8, 4) is 0 Å². The van der Waals surface area contributed by atoms with Crippen LogP contribution in [0.3, 0.4) is 0 Å². The molecule has 19 heavy (non-hydrogen) atoms. The molecule has 1 unspecified atom stereocenters. The van der Waals surface area contributed by atoms with Gasteiger partial charge >= 0.3 is 0 Å². The van der Waals surface area contributed by atoms with Crippen molar-refractivity contribution in [1.29, 1.82) is 0 Å². The Hall–Kier alpha value is -0.340. The normalized spacial score (nSPS) is 25.4. The molecule has 1 heterocycles. The summed E-state index contributed by atoms with van der Waals surface area (Å²) in [4.78, 5) is 0. The van der Waals surface area contributed by atoms with E-state index in [1.165, 1.54) is 57.1 Å². The van der Waals surface area contributed by atoms with E-state index < -0.39 is 0 Å². The van der Waals surface area contributed by atoms with Crippen LogP contribution in [0.4, 0.5) is 0 Å². The second-order valence-corrected chi connectivity index (χ2v) is 7.03. The summed E-state index contributed by atoms with van der Waals surface area (Å²) < 4.78 is 0. The topological polar surface area (TPSA) is 12.0 Å². The second kappa shape index (κ2) is 8.06. The van der Waals surface area contributed by atoms with E-state index >= 15 is 0 Å². The van der Waals surface area contributed by atoms with Crippen LogP contribution in [0.1, 0.15) is 57.9 Å². The van der Waals surface area contributed by atoms with Gasteiger partial charge in [-0.15, -0.1) is 0 Å². The van der Waals surface area contributed by atoms with E-state index in [0.717, 1.165) is 17.9 Å². The molecule has 0 amide bonds. The molecule has 1 aromatic rings. The van der Waals surface area contributed by atoms with Crippen molar-refractivity contribution in [2.75, 3.05) is 6.54 Å². The Morgan fingerprint density at radius 1 is 1.32 bits per heavy atom. The summed E-state index contributed by atoms with van der Waals surface area (Å²) in [6, 6.07) is 3.03. The maximum atomic E-state index is 3.82. The highest BCUT2D eigenvalue weighted by atomic mass is 32.1. The summed E-state index contributed by atoms with van der Waals surface area (Å²) in [5.74, 6) is 1.88. The van der Waals surface area contributed by atoms with Crippen molar-refractivity contribution in [2.45, 2.75) is 64.8 Å². The zero-order chi connectivity index (χ0) is 13.5. The Bertz CT molecular complexity index is 325. The minimum atomic E-state index is 0.743. The van der Waals surface area contributed by atoms with E-state index in [4.69, 9.17) is 0 Å². The van der Waals surface area contributed by atoms with Gasteiger partial charge in [0.2, 0.25) is 0 Å². The van der Waals surface area contributed by atoms with Gasteiger partial charge in [-0.3, -0.25) is 0 Å². The Kier molecular flexibility index (Phi) is 6.39. The highest BCUT2D eigenvalue weighted by Crippen LogP contribution is 2.32. The molecule has 1 aliphatic carbocycles. The molecule has 1 aliphatic rings. The number of nitrogens with one attached hydrogen (secondary N) is 1. The van der Waals surface area contributed by atoms with Gasteiger partial charge in [0.1, 0.15) is 0 Å². The molecule has 0 aliphatic heterocycles. The first-order chi connectivity index (χ1) is 9.29. The van der Waals surface area contributed by atoms with E-state index in [1.807, 2.05) is 11.3 Å². The van der Waals surface area contributed by atoms with Crippen LogP contribution in [0.15, 0.2) is 16.8 Å². The fourth-order valence-corrected chi connectivity index (χ4v) is 3.98. The molecule has 1 fully saturated rings. The first-order valence-corrected chi connectivity index (χ1v) is 8.98. The summed E-state index contributed by atoms with van der Waals surface area (Å²) in [6.07, 6.45) is 9.56. The molecule has 1 saturated carbocycles. The highest BCUT2D eigenvalue weighted by molar-refractivity contribution is 7.07. The summed E-state index contributed by atoms with van der Waals surface area (Å²) in [7, 11) is 0. The molecule has 1 aromatic heterocycles. The van der Waals surface area contributed by atoms with Crippen LogP contribution in [0.25, 0.3) is 0 Å². The Labute approximate surface area is 122 Å². The maximum absolute atomic E-state index is 3.82. The molecular formula is C17H29NS. The minimum Gasteiger partial charge on any atom is -0.314 e. The molecule has 1 atom stereocenters. The van der Waals surface area contributed by atoms with Gasteiger partial charge in [-0.25, -0.2) is 0 Å². The first kappa shape index (κ1) is 15.1. The molecule has 2 heteroatoms. The van der Waals surface area contributed by atoms with E-state index in [0.29, 0.717) is 0 Å². The Morgan fingerprint density at radius 2 is 2.11 bits per heavy atom. The zero-order valence-corrected chi connectivity index (χ0v) is 13.3. The molecule has 0 saturated heterocycles.